The Hall–Kier alpha value is -3.16. The summed E-state index contributed by atoms with van der Waals surface area (Å²) in [6.45, 7) is 0. The number of carbonyl (C=O) groups excluding carboxylic acids is 1. The minimum Gasteiger partial charge on any atom is -0.319 e. The Kier molecular flexibility index (Phi) is 4.51. The molecule has 3 aromatic rings. The van der Waals surface area contributed by atoms with Crippen molar-refractivity contribution in [3.8, 4) is 11.4 Å². The van der Waals surface area contributed by atoms with Crippen molar-refractivity contribution in [1.29, 1.82) is 0 Å². The molecule has 2 heterocycles. The number of rotatable bonds is 4. The fourth-order valence-corrected chi connectivity index (χ4v) is 2.29. The number of H-pyrrole nitrogens is 1. The number of hydrogen-bond acceptors (Lipinski definition) is 3. The molecule has 0 aliphatic heterocycles. The SMILES string of the molecule is O=C(Nc1cn[nH]c1-c1ccccn1)c1ccc(CC(F)(F)F)cc1. The molecule has 0 saturated heterocycles. The minimum absolute atomic E-state index is 0.0986. The summed E-state index contributed by atoms with van der Waals surface area (Å²) in [5, 5.41) is 9.33. The monoisotopic (exact) mass is 346 g/mol. The van der Waals surface area contributed by atoms with Gasteiger partial charge in [0.15, 0.2) is 0 Å². The number of hydrogen-bond donors (Lipinski definition) is 2. The van der Waals surface area contributed by atoms with E-state index in [0.29, 0.717) is 17.1 Å². The minimum atomic E-state index is -4.28. The molecule has 2 N–H and O–H groups in total. The maximum atomic E-state index is 12.4. The zero-order chi connectivity index (χ0) is 17.9. The molecular formula is C17H13F3N4O. The first kappa shape index (κ1) is 16.7. The van der Waals surface area contributed by atoms with E-state index >= 15 is 0 Å². The second kappa shape index (κ2) is 6.76. The van der Waals surface area contributed by atoms with Gasteiger partial charge in [0.25, 0.3) is 5.91 Å². The molecule has 1 aromatic carbocycles. The zero-order valence-corrected chi connectivity index (χ0v) is 12.8. The van der Waals surface area contributed by atoms with Gasteiger partial charge in [-0.15, -0.1) is 0 Å². The van der Waals surface area contributed by atoms with Crippen molar-refractivity contribution < 1.29 is 18.0 Å². The van der Waals surface area contributed by atoms with Crippen LogP contribution >= 0.6 is 0 Å². The molecule has 0 bridgehead atoms. The average molecular weight is 346 g/mol. The maximum Gasteiger partial charge on any atom is 0.393 e. The van der Waals surface area contributed by atoms with E-state index in [9.17, 15) is 18.0 Å². The van der Waals surface area contributed by atoms with Crippen molar-refractivity contribution in [3.05, 3.63) is 66.0 Å². The van der Waals surface area contributed by atoms with Crippen molar-refractivity contribution in [3.63, 3.8) is 0 Å². The van der Waals surface area contributed by atoms with Gasteiger partial charge in [0.2, 0.25) is 0 Å². The predicted octanol–water partition coefficient (Wildman–Crippen LogP) is 3.83. The molecule has 8 heteroatoms. The molecule has 0 radical (unpaired) electrons. The van der Waals surface area contributed by atoms with Crippen molar-refractivity contribution in [2.45, 2.75) is 12.6 Å². The Balaban J connectivity index is 1.74. The molecule has 128 valence electrons. The number of anilines is 1. The van der Waals surface area contributed by atoms with Gasteiger partial charge in [0.1, 0.15) is 5.69 Å². The molecule has 3 rings (SSSR count). The Bertz CT molecular complexity index is 858. The van der Waals surface area contributed by atoms with Gasteiger partial charge in [-0.05, 0) is 29.8 Å². The second-order valence-electron chi connectivity index (χ2n) is 5.32. The topological polar surface area (TPSA) is 70.7 Å². The van der Waals surface area contributed by atoms with E-state index in [2.05, 4.69) is 20.5 Å². The normalized spacial score (nSPS) is 11.3. The van der Waals surface area contributed by atoms with Crippen molar-refractivity contribution in [1.82, 2.24) is 15.2 Å². The van der Waals surface area contributed by atoms with Gasteiger partial charge in [0.05, 0.1) is 24.0 Å². The predicted molar refractivity (Wildman–Crippen MR) is 86.0 cm³/mol. The molecule has 0 aliphatic carbocycles. The van der Waals surface area contributed by atoms with E-state index in [1.165, 1.54) is 30.5 Å². The molecule has 0 spiro atoms. The van der Waals surface area contributed by atoms with Gasteiger partial charge in [-0.25, -0.2) is 0 Å². The third-order valence-electron chi connectivity index (χ3n) is 3.43. The smallest absolute Gasteiger partial charge is 0.319 e. The van der Waals surface area contributed by atoms with Crippen molar-refractivity contribution >= 4 is 11.6 Å². The fourth-order valence-electron chi connectivity index (χ4n) is 2.29. The fraction of sp³-hybridized carbons (Fsp3) is 0.118. The first-order valence-electron chi connectivity index (χ1n) is 7.34. The molecular weight excluding hydrogens is 333 g/mol. The number of aromatic amines is 1. The Morgan fingerprint density at radius 3 is 2.52 bits per heavy atom. The maximum absolute atomic E-state index is 12.4. The number of halogens is 3. The molecule has 0 aliphatic rings. The average Bonchev–Trinajstić information content (AvgIpc) is 3.03. The standard InChI is InChI=1S/C17H13F3N4O/c18-17(19,20)9-11-4-6-12(7-5-11)16(25)23-14-10-22-24-15(14)13-3-1-2-8-21-13/h1-8,10H,9H2,(H,22,24)(H,23,25). The van der Waals surface area contributed by atoms with Gasteiger partial charge in [-0.1, -0.05) is 18.2 Å². The summed E-state index contributed by atoms with van der Waals surface area (Å²) in [5.41, 5.74) is 1.93. The number of benzene rings is 1. The molecule has 0 saturated carbocycles. The van der Waals surface area contributed by atoms with E-state index < -0.39 is 18.5 Å². The third-order valence-corrected chi connectivity index (χ3v) is 3.43. The summed E-state index contributed by atoms with van der Waals surface area (Å²) in [7, 11) is 0. The highest BCUT2D eigenvalue weighted by Gasteiger charge is 2.27. The van der Waals surface area contributed by atoms with E-state index in [0.717, 1.165) is 0 Å². The lowest BCUT2D eigenvalue weighted by molar-refractivity contribution is -0.127. The van der Waals surface area contributed by atoms with Crippen molar-refractivity contribution in [2.75, 3.05) is 5.32 Å². The number of nitrogens with zero attached hydrogens (tertiary/aromatic N) is 2. The van der Waals surface area contributed by atoms with E-state index in [1.807, 2.05) is 0 Å². The number of carbonyl (C=O) groups is 1. The summed E-state index contributed by atoms with van der Waals surface area (Å²) in [5.74, 6) is -0.447. The van der Waals surface area contributed by atoms with Crippen LogP contribution in [0.4, 0.5) is 18.9 Å². The Labute approximate surface area is 140 Å². The van der Waals surface area contributed by atoms with Gasteiger partial charge in [-0.2, -0.15) is 18.3 Å². The third kappa shape index (κ3) is 4.23. The van der Waals surface area contributed by atoms with Crippen LogP contribution in [0, 0.1) is 0 Å². The molecule has 25 heavy (non-hydrogen) atoms. The number of aromatic nitrogens is 3. The summed E-state index contributed by atoms with van der Waals surface area (Å²) in [6, 6.07) is 10.6. The highest BCUT2D eigenvalue weighted by molar-refractivity contribution is 6.05. The van der Waals surface area contributed by atoms with Crippen LogP contribution in [-0.2, 0) is 6.42 Å². The number of nitrogens with one attached hydrogen (secondary N) is 2. The van der Waals surface area contributed by atoms with E-state index in [1.54, 1.807) is 24.4 Å². The number of pyridine rings is 1. The van der Waals surface area contributed by atoms with Gasteiger partial charge < -0.3 is 5.32 Å². The zero-order valence-electron chi connectivity index (χ0n) is 12.8. The van der Waals surface area contributed by atoms with E-state index in [4.69, 9.17) is 0 Å². The lowest BCUT2D eigenvalue weighted by atomic mass is 10.1. The largest absolute Gasteiger partial charge is 0.393 e. The molecule has 0 fully saturated rings. The molecule has 5 nitrogen and oxygen atoms in total. The number of amides is 1. The lowest BCUT2D eigenvalue weighted by Gasteiger charge is -2.08. The highest BCUT2D eigenvalue weighted by atomic mass is 19.4. The van der Waals surface area contributed by atoms with Crippen LogP contribution < -0.4 is 5.32 Å². The summed E-state index contributed by atoms with van der Waals surface area (Å²) in [6.07, 6.45) is -2.25. The summed E-state index contributed by atoms with van der Waals surface area (Å²) < 4.78 is 37.1. The second-order valence-corrected chi connectivity index (χ2v) is 5.32. The van der Waals surface area contributed by atoms with E-state index in [-0.39, 0.29) is 11.1 Å². The van der Waals surface area contributed by atoms with Crippen molar-refractivity contribution in [2.24, 2.45) is 0 Å². The Morgan fingerprint density at radius 1 is 1.12 bits per heavy atom. The van der Waals surface area contributed by atoms with Gasteiger partial charge >= 0.3 is 6.18 Å². The highest BCUT2D eigenvalue weighted by Crippen LogP contribution is 2.24. The van der Waals surface area contributed by atoms with Crippen LogP contribution in [0.15, 0.2) is 54.9 Å². The van der Waals surface area contributed by atoms with Gasteiger partial charge in [0, 0.05) is 11.8 Å². The van der Waals surface area contributed by atoms with Crippen LogP contribution in [0.25, 0.3) is 11.4 Å². The molecule has 2 aromatic heterocycles. The Morgan fingerprint density at radius 2 is 1.88 bits per heavy atom. The first-order chi connectivity index (χ1) is 11.9. The van der Waals surface area contributed by atoms with Crippen LogP contribution in [0.5, 0.6) is 0 Å². The van der Waals surface area contributed by atoms with Crippen LogP contribution in [0.2, 0.25) is 0 Å². The lowest BCUT2D eigenvalue weighted by Crippen LogP contribution is -2.14. The van der Waals surface area contributed by atoms with Crippen LogP contribution in [0.3, 0.4) is 0 Å². The van der Waals surface area contributed by atoms with Crippen LogP contribution in [-0.4, -0.2) is 27.3 Å². The molecule has 0 unspecified atom stereocenters. The first-order valence-corrected chi connectivity index (χ1v) is 7.34. The summed E-state index contributed by atoms with van der Waals surface area (Å²) >= 11 is 0. The summed E-state index contributed by atoms with van der Waals surface area (Å²) in [4.78, 5) is 16.5. The molecule has 1 amide bonds. The quantitative estimate of drug-likeness (QED) is 0.754. The van der Waals surface area contributed by atoms with Gasteiger partial charge in [-0.3, -0.25) is 14.9 Å². The number of alkyl halides is 3. The van der Waals surface area contributed by atoms with Crippen LogP contribution in [0.1, 0.15) is 15.9 Å². The molecule has 0 atom stereocenters.